The monoisotopic (exact) mass is 329 g/mol. The number of sulfonamides is 1. The van der Waals surface area contributed by atoms with Gasteiger partial charge in [-0.15, -0.1) is 6.58 Å². The van der Waals surface area contributed by atoms with Crippen LogP contribution in [-0.4, -0.2) is 18.8 Å². The van der Waals surface area contributed by atoms with Crippen molar-refractivity contribution in [2.45, 2.75) is 37.8 Å². The molecular formula is C19H23NO2S. The van der Waals surface area contributed by atoms with E-state index in [4.69, 9.17) is 0 Å². The smallest absolute Gasteiger partial charge is 0.207 e. The minimum Gasteiger partial charge on any atom is -0.207 e. The summed E-state index contributed by atoms with van der Waals surface area (Å²) in [5.41, 5.74) is 2.00. The first-order valence-corrected chi connectivity index (χ1v) is 9.18. The van der Waals surface area contributed by atoms with Crippen molar-refractivity contribution in [3.05, 3.63) is 78.4 Å². The summed E-state index contributed by atoms with van der Waals surface area (Å²) >= 11 is 0. The minimum absolute atomic E-state index is 0.235. The van der Waals surface area contributed by atoms with Crippen molar-refractivity contribution in [2.24, 2.45) is 0 Å². The Morgan fingerprint density at radius 2 is 1.70 bits per heavy atom. The van der Waals surface area contributed by atoms with Crippen LogP contribution < -0.4 is 0 Å². The topological polar surface area (TPSA) is 37.4 Å². The van der Waals surface area contributed by atoms with E-state index in [0.29, 0.717) is 17.9 Å². The second-order valence-electron chi connectivity index (χ2n) is 5.56. The second kappa shape index (κ2) is 7.57. The third-order valence-electron chi connectivity index (χ3n) is 3.87. The summed E-state index contributed by atoms with van der Waals surface area (Å²) in [5, 5.41) is 0. The van der Waals surface area contributed by atoms with Gasteiger partial charge in [-0.3, -0.25) is 0 Å². The van der Waals surface area contributed by atoms with Crippen LogP contribution in [-0.2, 0) is 16.6 Å². The molecule has 2 aromatic rings. The first kappa shape index (κ1) is 17.4. The molecule has 23 heavy (non-hydrogen) atoms. The van der Waals surface area contributed by atoms with E-state index < -0.39 is 10.0 Å². The van der Waals surface area contributed by atoms with Crippen molar-refractivity contribution in [3.63, 3.8) is 0 Å². The lowest BCUT2D eigenvalue weighted by Gasteiger charge is -2.28. The molecule has 3 nitrogen and oxygen atoms in total. The van der Waals surface area contributed by atoms with Gasteiger partial charge in [0.25, 0.3) is 0 Å². The van der Waals surface area contributed by atoms with Gasteiger partial charge in [0, 0.05) is 12.6 Å². The van der Waals surface area contributed by atoms with Gasteiger partial charge < -0.3 is 0 Å². The molecule has 0 spiro atoms. The molecule has 1 atom stereocenters. The lowest BCUT2D eigenvalue weighted by molar-refractivity contribution is 0.348. The fraction of sp³-hybridized carbons (Fsp3) is 0.263. The van der Waals surface area contributed by atoms with Crippen LogP contribution >= 0.6 is 0 Å². The molecule has 0 aliphatic rings. The van der Waals surface area contributed by atoms with Gasteiger partial charge in [-0.05, 0) is 31.0 Å². The Morgan fingerprint density at radius 3 is 2.22 bits per heavy atom. The van der Waals surface area contributed by atoms with Gasteiger partial charge in [0.05, 0.1) is 4.90 Å². The quantitative estimate of drug-likeness (QED) is 0.716. The normalized spacial score (nSPS) is 13.0. The molecule has 0 aliphatic carbocycles. The molecule has 2 rings (SSSR count). The first-order valence-electron chi connectivity index (χ1n) is 7.74. The maximum Gasteiger partial charge on any atom is 0.243 e. The van der Waals surface area contributed by atoms with Crippen LogP contribution in [0.3, 0.4) is 0 Å². The molecule has 0 radical (unpaired) electrons. The highest BCUT2D eigenvalue weighted by atomic mass is 32.2. The molecule has 0 saturated heterocycles. The summed E-state index contributed by atoms with van der Waals surface area (Å²) in [6.45, 7) is 8.05. The standard InChI is InChI=1S/C19H23NO2S/c1-4-18(5-2)20(15-17-9-7-6-8-10-17)23(21,22)19-13-11-16(3)12-14-19/h4,6-14,18H,1,5,15H2,2-3H3. The zero-order valence-electron chi connectivity index (χ0n) is 13.6. The van der Waals surface area contributed by atoms with Gasteiger partial charge in [0.15, 0.2) is 0 Å². The fourth-order valence-electron chi connectivity index (χ4n) is 2.48. The highest BCUT2D eigenvalue weighted by molar-refractivity contribution is 7.89. The van der Waals surface area contributed by atoms with Crippen molar-refractivity contribution < 1.29 is 8.42 Å². The zero-order valence-corrected chi connectivity index (χ0v) is 14.5. The lowest BCUT2D eigenvalue weighted by atomic mass is 10.2. The van der Waals surface area contributed by atoms with Gasteiger partial charge in [-0.1, -0.05) is 61.0 Å². The van der Waals surface area contributed by atoms with E-state index in [1.165, 1.54) is 4.31 Å². The van der Waals surface area contributed by atoms with Crippen LogP contribution in [0.5, 0.6) is 0 Å². The van der Waals surface area contributed by atoms with Crippen LogP contribution in [0.25, 0.3) is 0 Å². The van der Waals surface area contributed by atoms with Crippen LogP contribution in [0, 0.1) is 6.92 Å². The van der Waals surface area contributed by atoms with Gasteiger partial charge in [-0.2, -0.15) is 4.31 Å². The van der Waals surface area contributed by atoms with E-state index in [0.717, 1.165) is 11.1 Å². The maximum absolute atomic E-state index is 13.1. The highest BCUT2D eigenvalue weighted by Gasteiger charge is 2.29. The van der Waals surface area contributed by atoms with Crippen LogP contribution in [0.15, 0.2) is 72.1 Å². The number of benzene rings is 2. The molecule has 2 aromatic carbocycles. The molecule has 1 unspecified atom stereocenters. The number of rotatable bonds is 7. The maximum atomic E-state index is 13.1. The molecule has 0 fully saturated rings. The average Bonchev–Trinajstić information content (AvgIpc) is 2.56. The largest absolute Gasteiger partial charge is 0.243 e. The molecule has 0 bridgehead atoms. The Morgan fingerprint density at radius 1 is 1.09 bits per heavy atom. The van der Waals surface area contributed by atoms with Crippen LogP contribution in [0.2, 0.25) is 0 Å². The number of hydrogen-bond donors (Lipinski definition) is 0. The Labute approximate surface area is 139 Å². The Bertz CT molecular complexity index is 737. The highest BCUT2D eigenvalue weighted by Crippen LogP contribution is 2.23. The van der Waals surface area contributed by atoms with Crippen molar-refractivity contribution in [3.8, 4) is 0 Å². The first-order chi connectivity index (χ1) is 11.0. The van der Waals surface area contributed by atoms with Gasteiger partial charge in [0.2, 0.25) is 10.0 Å². The predicted molar refractivity (Wildman–Crippen MR) is 94.6 cm³/mol. The Kier molecular flexibility index (Phi) is 5.74. The third-order valence-corrected chi connectivity index (χ3v) is 5.75. The van der Waals surface area contributed by atoms with Gasteiger partial charge in [-0.25, -0.2) is 8.42 Å². The predicted octanol–water partition coefficient (Wildman–Crippen LogP) is 4.15. The van der Waals surface area contributed by atoms with Gasteiger partial charge >= 0.3 is 0 Å². The lowest BCUT2D eigenvalue weighted by Crippen LogP contribution is -2.38. The summed E-state index contributed by atoms with van der Waals surface area (Å²) in [7, 11) is -3.58. The molecule has 122 valence electrons. The Balaban J connectivity index is 2.43. The van der Waals surface area contributed by atoms with E-state index in [-0.39, 0.29) is 6.04 Å². The van der Waals surface area contributed by atoms with E-state index in [9.17, 15) is 8.42 Å². The fourth-order valence-corrected chi connectivity index (χ4v) is 4.14. The van der Waals surface area contributed by atoms with Crippen molar-refractivity contribution in [1.29, 1.82) is 0 Å². The van der Waals surface area contributed by atoms with Crippen molar-refractivity contribution in [1.82, 2.24) is 4.31 Å². The summed E-state index contributed by atoms with van der Waals surface area (Å²) in [4.78, 5) is 0.319. The number of nitrogens with zero attached hydrogens (tertiary/aromatic N) is 1. The molecule has 0 aliphatic heterocycles. The van der Waals surface area contributed by atoms with E-state index >= 15 is 0 Å². The Hall–Kier alpha value is -1.91. The van der Waals surface area contributed by atoms with Gasteiger partial charge in [0.1, 0.15) is 0 Å². The SMILES string of the molecule is C=CC(CC)N(Cc1ccccc1)S(=O)(=O)c1ccc(C)cc1. The molecule has 0 N–H and O–H groups in total. The second-order valence-corrected chi connectivity index (χ2v) is 7.45. The van der Waals surface area contributed by atoms with E-state index in [2.05, 4.69) is 6.58 Å². The summed E-state index contributed by atoms with van der Waals surface area (Å²) in [6.07, 6.45) is 2.39. The summed E-state index contributed by atoms with van der Waals surface area (Å²) in [6, 6.07) is 16.4. The molecule has 0 heterocycles. The number of aryl methyl sites for hydroxylation is 1. The van der Waals surface area contributed by atoms with E-state index in [1.54, 1.807) is 18.2 Å². The minimum atomic E-state index is -3.58. The zero-order chi connectivity index (χ0) is 16.9. The molecule has 0 aromatic heterocycles. The van der Waals surface area contributed by atoms with Crippen molar-refractivity contribution >= 4 is 10.0 Å². The molecular weight excluding hydrogens is 306 g/mol. The van der Waals surface area contributed by atoms with E-state index in [1.807, 2.05) is 56.3 Å². The van der Waals surface area contributed by atoms with Crippen molar-refractivity contribution in [2.75, 3.05) is 0 Å². The average molecular weight is 329 g/mol. The molecule has 0 amide bonds. The summed E-state index contributed by atoms with van der Waals surface area (Å²) in [5.74, 6) is 0. The summed E-state index contributed by atoms with van der Waals surface area (Å²) < 4.78 is 27.7. The molecule has 0 saturated carbocycles. The third kappa shape index (κ3) is 4.09. The molecule has 4 heteroatoms. The van der Waals surface area contributed by atoms with Crippen LogP contribution in [0.1, 0.15) is 24.5 Å². The van der Waals surface area contributed by atoms with Crippen LogP contribution in [0.4, 0.5) is 0 Å². The number of hydrogen-bond acceptors (Lipinski definition) is 2.